The lowest BCUT2D eigenvalue weighted by Gasteiger charge is -2.38. The molecule has 1 aromatic heterocycles. The highest BCUT2D eigenvalue weighted by Gasteiger charge is 2.39. The molecule has 2 aromatic rings. The van der Waals surface area contributed by atoms with Crippen LogP contribution in [0.1, 0.15) is 50.5 Å². The summed E-state index contributed by atoms with van der Waals surface area (Å²) in [5.41, 5.74) is 1.22. The third-order valence-electron chi connectivity index (χ3n) is 6.14. The van der Waals surface area contributed by atoms with Gasteiger partial charge >= 0.3 is 0 Å². The molecule has 2 aliphatic rings. The first kappa shape index (κ1) is 21.3. The molecule has 0 saturated carbocycles. The molecule has 0 bridgehead atoms. The Hall–Kier alpha value is -1.89. The summed E-state index contributed by atoms with van der Waals surface area (Å²) >= 11 is 1.73. The first-order valence-corrected chi connectivity index (χ1v) is 12.0. The molecule has 0 radical (unpaired) electrons. The maximum atomic E-state index is 13.2. The van der Waals surface area contributed by atoms with Gasteiger partial charge in [-0.05, 0) is 67.5 Å². The number of hydrogen-bond donors (Lipinski definition) is 1. The van der Waals surface area contributed by atoms with Gasteiger partial charge in [-0.15, -0.1) is 11.3 Å². The number of benzene rings is 1. The minimum absolute atomic E-state index is 0.0155. The lowest BCUT2D eigenvalue weighted by molar-refractivity contribution is -0.170. The van der Waals surface area contributed by atoms with Crippen LogP contribution < -0.4 is 0 Å². The largest absolute Gasteiger partial charge is 0.459 e. The maximum Gasteiger partial charge on any atom is 0.288 e. The Morgan fingerprint density at radius 1 is 1.27 bits per heavy atom. The fourth-order valence-electron chi connectivity index (χ4n) is 4.62. The van der Waals surface area contributed by atoms with E-state index >= 15 is 0 Å². The predicted molar refractivity (Wildman–Crippen MR) is 119 cm³/mol. The molecular weight excluding hydrogens is 398 g/mol. The highest BCUT2D eigenvalue weighted by molar-refractivity contribution is 7.17. The fourth-order valence-corrected chi connectivity index (χ4v) is 5.63. The number of rotatable bonds is 7. The zero-order valence-corrected chi connectivity index (χ0v) is 18.4. The van der Waals surface area contributed by atoms with E-state index < -0.39 is 6.29 Å². The van der Waals surface area contributed by atoms with Gasteiger partial charge < -0.3 is 19.5 Å². The average molecular weight is 430 g/mol. The smallest absolute Gasteiger partial charge is 0.288 e. The lowest BCUT2D eigenvalue weighted by Crippen LogP contribution is -2.42. The molecule has 1 fully saturated rings. The molecule has 1 aromatic carbocycles. The minimum atomic E-state index is -0.487. The van der Waals surface area contributed by atoms with Crippen LogP contribution in [-0.2, 0) is 14.3 Å². The normalized spacial score (nSPS) is 24.5. The Morgan fingerprint density at radius 3 is 2.83 bits per heavy atom. The molecule has 4 rings (SSSR count). The summed E-state index contributed by atoms with van der Waals surface area (Å²) in [5, 5.41) is 12.9. The van der Waals surface area contributed by atoms with Gasteiger partial charge in [0.15, 0.2) is 5.76 Å². The predicted octanol–water partition coefficient (Wildman–Crippen LogP) is 4.66. The number of likely N-dealkylation sites (tertiary alicyclic amines) is 1. The monoisotopic (exact) mass is 429 g/mol. The van der Waals surface area contributed by atoms with Crippen LogP contribution in [0, 0.1) is 5.92 Å². The summed E-state index contributed by atoms with van der Waals surface area (Å²) in [7, 11) is 0. The quantitative estimate of drug-likeness (QED) is 0.695. The summed E-state index contributed by atoms with van der Waals surface area (Å²) < 4.78 is 13.4. The maximum absolute atomic E-state index is 13.2. The van der Waals surface area contributed by atoms with Crippen molar-refractivity contribution in [2.24, 2.45) is 5.92 Å². The average Bonchev–Trinajstić information content (AvgIpc) is 3.22. The van der Waals surface area contributed by atoms with Crippen LogP contribution in [0.4, 0.5) is 0 Å². The number of amides is 1. The van der Waals surface area contributed by atoms with Gasteiger partial charge in [0, 0.05) is 42.8 Å². The van der Waals surface area contributed by atoms with Crippen molar-refractivity contribution in [1.29, 1.82) is 0 Å². The number of piperidine rings is 1. The van der Waals surface area contributed by atoms with Crippen molar-refractivity contribution in [1.82, 2.24) is 4.90 Å². The van der Waals surface area contributed by atoms with Crippen molar-refractivity contribution in [3.8, 4) is 0 Å². The van der Waals surface area contributed by atoms with Crippen LogP contribution in [0.15, 0.2) is 41.5 Å². The Labute approximate surface area is 182 Å². The molecule has 1 N–H and O–H groups in total. The Bertz CT molecular complexity index is 886. The number of fused-ring (bicyclic) bond motifs is 1. The van der Waals surface area contributed by atoms with Crippen LogP contribution in [-0.4, -0.2) is 48.5 Å². The second-order valence-corrected chi connectivity index (χ2v) is 8.98. The molecule has 2 aliphatic heterocycles. The lowest BCUT2D eigenvalue weighted by atomic mass is 9.80. The topological polar surface area (TPSA) is 59.0 Å². The van der Waals surface area contributed by atoms with Gasteiger partial charge in [-0.1, -0.05) is 18.2 Å². The highest BCUT2D eigenvalue weighted by atomic mass is 32.1. The van der Waals surface area contributed by atoms with Crippen molar-refractivity contribution < 1.29 is 19.4 Å². The molecule has 162 valence electrons. The highest BCUT2D eigenvalue weighted by Crippen LogP contribution is 2.43. The van der Waals surface area contributed by atoms with Gasteiger partial charge in [-0.25, -0.2) is 0 Å². The van der Waals surface area contributed by atoms with Gasteiger partial charge in [-0.3, -0.25) is 4.79 Å². The van der Waals surface area contributed by atoms with E-state index in [0.29, 0.717) is 18.8 Å². The summed E-state index contributed by atoms with van der Waals surface area (Å²) in [5.74, 6) is 0.454. The third kappa shape index (κ3) is 4.41. The van der Waals surface area contributed by atoms with E-state index in [1.807, 2.05) is 17.9 Å². The summed E-state index contributed by atoms with van der Waals surface area (Å²) in [4.78, 5) is 15.2. The van der Waals surface area contributed by atoms with Crippen molar-refractivity contribution in [3.63, 3.8) is 0 Å². The zero-order valence-electron chi connectivity index (χ0n) is 17.6. The number of aliphatic hydroxyl groups is 1. The van der Waals surface area contributed by atoms with Gasteiger partial charge in [0.25, 0.3) is 5.91 Å². The molecule has 0 unspecified atom stereocenters. The van der Waals surface area contributed by atoms with Crippen molar-refractivity contribution in [3.05, 3.63) is 47.0 Å². The van der Waals surface area contributed by atoms with Crippen molar-refractivity contribution in [2.45, 2.75) is 51.2 Å². The Morgan fingerprint density at radius 2 is 2.07 bits per heavy atom. The molecule has 1 amide bonds. The van der Waals surface area contributed by atoms with E-state index in [1.54, 1.807) is 11.3 Å². The second kappa shape index (κ2) is 9.94. The molecule has 3 atom stereocenters. The van der Waals surface area contributed by atoms with Gasteiger partial charge in [0.2, 0.25) is 6.29 Å². The van der Waals surface area contributed by atoms with E-state index in [4.69, 9.17) is 9.47 Å². The standard InChI is InChI=1S/C24H31NO4S/c1-2-28-24-18(10-8-14-26)19(20-16-30-22-11-5-4-9-17(20)22)15-21(29-24)23(27)25-12-6-3-7-13-25/h4-5,9,11,15-16,18-19,24,26H,2-3,6-8,10,12-14H2,1H3/t18-,19-,24+/m0/s1. The number of carbonyl (C=O) groups excluding carboxylic acids is 1. The Kier molecular flexibility index (Phi) is 7.08. The number of thiophene rings is 1. The van der Waals surface area contributed by atoms with E-state index in [2.05, 4.69) is 29.6 Å². The summed E-state index contributed by atoms with van der Waals surface area (Å²) in [6, 6.07) is 8.40. The zero-order chi connectivity index (χ0) is 20.9. The number of nitrogens with zero attached hydrogens (tertiary/aromatic N) is 1. The Balaban J connectivity index is 1.73. The van der Waals surface area contributed by atoms with E-state index in [1.165, 1.54) is 22.1 Å². The number of hydrogen-bond acceptors (Lipinski definition) is 5. The van der Waals surface area contributed by atoms with Crippen LogP contribution in [0.25, 0.3) is 10.1 Å². The molecule has 30 heavy (non-hydrogen) atoms. The number of allylic oxidation sites excluding steroid dienone is 1. The number of ether oxygens (including phenoxy) is 2. The minimum Gasteiger partial charge on any atom is -0.459 e. The molecule has 3 heterocycles. The van der Waals surface area contributed by atoms with E-state index in [0.717, 1.165) is 32.4 Å². The van der Waals surface area contributed by atoms with Crippen LogP contribution in [0.3, 0.4) is 0 Å². The van der Waals surface area contributed by atoms with Gasteiger partial charge in [-0.2, -0.15) is 0 Å². The first-order valence-electron chi connectivity index (χ1n) is 11.1. The van der Waals surface area contributed by atoms with E-state index in [-0.39, 0.29) is 24.3 Å². The van der Waals surface area contributed by atoms with Crippen LogP contribution in [0.2, 0.25) is 0 Å². The molecule has 0 aliphatic carbocycles. The molecule has 5 nitrogen and oxygen atoms in total. The third-order valence-corrected chi connectivity index (χ3v) is 7.12. The molecule has 6 heteroatoms. The van der Waals surface area contributed by atoms with Gasteiger partial charge in [0.1, 0.15) is 0 Å². The first-order chi connectivity index (χ1) is 14.7. The second-order valence-electron chi connectivity index (χ2n) is 8.07. The van der Waals surface area contributed by atoms with Crippen molar-refractivity contribution >= 4 is 27.3 Å². The SMILES string of the molecule is CCO[C@@H]1OC(C(=O)N2CCCCC2)=C[C@H](c2csc3ccccc23)[C@@H]1CCCO. The summed E-state index contributed by atoms with van der Waals surface area (Å²) in [6.45, 7) is 4.18. The molecular formula is C24H31NO4S. The van der Waals surface area contributed by atoms with Crippen LogP contribution in [0.5, 0.6) is 0 Å². The number of aliphatic hydroxyl groups excluding tert-OH is 1. The number of carbonyl (C=O) groups is 1. The summed E-state index contributed by atoms with van der Waals surface area (Å²) in [6.07, 6.45) is 6.26. The fraction of sp³-hybridized carbons (Fsp3) is 0.542. The molecule has 1 saturated heterocycles. The van der Waals surface area contributed by atoms with Crippen LogP contribution >= 0.6 is 11.3 Å². The van der Waals surface area contributed by atoms with Crippen molar-refractivity contribution in [2.75, 3.05) is 26.3 Å². The molecule has 0 spiro atoms. The van der Waals surface area contributed by atoms with E-state index in [9.17, 15) is 9.90 Å². The van der Waals surface area contributed by atoms with Gasteiger partial charge in [0.05, 0.1) is 0 Å².